The molecule has 0 aromatic heterocycles. The van der Waals surface area contributed by atoms with Gasteiger partial charge in [-0.2, -0.15) is 5.26 Å². The molecule has 0 amide bonds. The number of carbonyl (C=O) groups is 1. The predicted octanol–water partition coefficient (Wildman–Crippen LogP) is 1.91. The highest BCUT2D eigenvalue weighted by atomic mass is 79.9. The lowest BCUT2D eigenvalue weighted by molar-refractivity contribution is -0.118. The zero-order valence-corrected chi connectivity index (χ0v) is 9.21. The van der Waals surface area contributed by atoms with Crippen molar-refractivity contribution >= 4 is 21.7 Å². The molecule has 0 aliphatic heterocycles. The lowest BCUT2D eigenvalue weighted by atomic mass is 10.0. The number of rotatable bonds is 2. The van der Waals surface area contributed by atoms with E-state index in [-0.39, 0.29) is 5.78 Å². The number of Topliss-reactive ketones (excluding diaryl/α,β-unsaturated/α-hetero) is 1. The van der Waals surface area contributed by atoms with E-state index >= 15 is 0 Å². The molecule has 3 nitrogen and oxygen atoms in total. The smallest absolute Gasteiger partial charge is 0.150 e. The third-order valence-electron chi connectivity index (χ3n) is 1.91. The molecule has 0 bridgehead atoms. The van der Waals surface area contributed by atoms with Crippen molar-refractivity contribution in [3.05, 3.63) is 33.8 Å². The maximum absolute atomic E-state index is 11.0. The number of hydrogen-bond acceptors (Lipinski definition) is 3. The Balaban J connectivity index is 3.14. The molecule has 4 heteroatoms. The van der Waals surface area contributed by atoms with Crippen molar-refractivity contribution in [3.63, 3.8) is 0 Å². The fourth-order valence-electron chi connectivity index (χ4n) is 1.06. The molecule has 0 spiro atoms. The van der Waals surface area contributed by atoms with E-state index < -0.39 is 6.04 Å². The Morgan fingerprint density at radius 2 is 2.29 bits per heavy atom. The summed E-state index contributed by atoms with van der Waals surface area (Å²) in [6, 6.07) is 6.45. The van der Waals surface area contributed by atoms with Crippen molar-refractivity contribution in [3.8, 4) is 6.07 Å². The second kappa shape index (κ2) is 4.36. The summed E-state index contributed by atoms with van der Waals surface area (Å²) in [7, 11) is 0. The number of nitriles is 1. The molecule has 0 saturated carbocycles. The second-order valence-electron chi connectivity index (χ2n) is 2.94. The van der Waals surface area contributed by atoms with Crippen LogP contribution in [0.15, 0.2) is 22.7 Å². The van der Waals surface area contributed by atoms with Crippen molar-refractivity contribution < 1.29 is 4.79 Å². The Labute approximate surface area is 90.7 Å². The van der Waals surface area contributed by atoms with Gasteiger partial charge in [0.2, 0.25) is 0 Å². The summed E-state index contributed by atoms with van der Waals surface area (Å²) < 4.78 is 0.708. The van der Waals surface area contributed by atoms with Crippen LogP contribution in [0.4, 0.5) is 0 Å². The average molecular weight is 253 g/mol. The number of nitrogens with two attached hydrogens (primary N) is 1. The SMILES string of the molecule is CC(=O)C(N)c1ccc(Br)c(C#N)c1. The van der Waals surface area contributed by atoms with E-state index in [2.05, 4.69) is 15.9 Å². The first kappa shape index (κ1) is 10.9. The third-order valence-corrected chi connectivity index (χ3v) is 2.60. The molecule has 1 atom stereocenters. The standard InChI is InChI=1S/C10H9BrN2O/c1-6(14)10(13)7-2-3-9(11)8(4-7)5-12/h2-4,10H,13H2,1H3. The maximum atomic E-state index is 11.0. The molecule has 2 N–H and O–H groups in total. The van der Waals surface area contributed by atoms with Crippen molar-refractivity contribution in [2.75, 3.05) is 0 Å². The minimum Gasteiger partial charge on any atom is -0.318 e. The molecule has 72 valence electrons. The molecule has 14 heavy (non-hydrogen) atoms. The predicted molar refractivity (Wildman–Crippen MR) is 56.5 cm³/mol. The van der Waals surface area contributed by atoms with Crippen molar-refractivity contribution in [1.29, 1.82) is 5.26 Å². The Morgan fingerprint density at radius 3 is 2.79 bits per heavy atom. The summed E-state index contributed by atoms with van der Waals surface area (Å²) in [6.07, 6.45) is 0. The van der Waals surface area contributed by atoms with Crippen molar-refractivity contribution in [1.82, 2.24) is 0 Å². The van der Waals surface area contributed by atoms with Gasteiger partial charge in [0.25, 0.3) is 0 Å². The summed E-state index contributed by atoms with van der Waals surface area (Å²) >= 11 is 3.23. The van der Waals surface area contributed by atoms with Gasteiger partial charge in [-0.1, -0.05) is 6.07 Å². The van der Waals surface area contributed by atoms with Crippen LogP contribution in [0, 0.1) is 11.3 Å². The van der Waals surface area contributed by atoms with Crippen LogP contribution in [-0.4, -0.2) is 5.78 Å². The number of benzene rings is 1. The molecule has 0 aliphatic rings. The number of nitrogens with zero attached hydrogens (tertiary/aromatic N) is 1. The number of carbonyl (C=O) groups excluding carboxylic acids is 1. The molecular weight excluding hydrogens is 244 g/mol. The molecule has 1 unspecified atom stereocenters. The zero-order chi connectivity index (χ0) is 10.7. The van der Waals surface area contributed by atoms with Gasteiger partial charge >= 0.3 is 0 Å². The Hall–Kier alpha value is -1.18. The minimum absolute atomic E-state index is 0.115. The number of hydrogen-bond donors (Lipinski definition) is 1. The molecule has 1 rings (SSSR count). The van der Waals surface area contributed by atoms with Gasteiger partial charge in [-0.25, -0.2) is 0 Å². The van der Waals surface area contributed by atoms with Gasteiger partial charge in [0.15, 0.2) is 5.78 Å². The van der Waals surface area contributed by atoms with E-state index in [0.29, 0.717) is 15.6 Å². The van der Waals surface area contributed by atoms with E-state index in [1.54, 1.807) is 18.2 Å². The summed E-state index contributed by atoms with van der Waals surface area (Å²) in [5.74, 6) is -0.115. The van der Waals surface area contributed by atoms with Crippen LogP contribution in [0.25, 0.3) is 0 Å². The van der Waals surface area contributed by atoms with E-state index in [1.165, 1.54) is 6.92 Å². The van der Waals surface area contributed by atoms with E-state index in [9.17, 15) is 4.79 Å². The summed E-state index contributed by atoms with van der Waals surface area (Å²) in [5, 5.41) is 8.76. The average Bonchev–Trinajstić information content (AvgIpc) is 2.17. The van der Waals surface area contributed by atoms with Crippen LogP contribution >= 0.6 is 15.9 Å². The topological polar surface area (TPSA) is 66.9 Å². The van der Waals surface area contributed by atoms with Gasteiger partial charge in [0, 0.05) is 4.47 Å². The Bertz CT molecular complexity index is 409. The Kier molecular flexibility index (Phi) is 3.39. The number of ketones is 1. The molecule has 0 heterocycles. The normalized spacial score (nSPS) is 11.9. The summed E-state index contributed by atoms with van der Waals surface area (Å²) in [5.41, 5.74) is 6.79. The van der Waals surface area contributed by atoms with Gasteiger partial charge in [0.05, 0.1) is 11.6 Å². The molecule has 1 aromatic carbocycles. The highest BCUT2D eigenvalue weighted by Crippen LogP contribution is 2.20. The molecule has 1 aromatic rings. The van der Waals surface area contributed by atoms with Gasteiger partial charge in [0.1, 0.15) is 6.07 Å². The molecule has 0 saturated heterocycles. The lowest BCUT2D eigenvalue weighted by Crippen LogP contribution is -2.18. The first-order valence-corrected chi connectivity index (χ1v) is 4.81. The zero-order valence-electron chi connectivity index (χ0n) is 7.62. The first-order chi connectivity index (χ1) is 6.56. The summed E-state index contributed by atoms with van der Waals surface area (Å²) in [6.45, 7) is 1.43. The van der Waals surface area contributed by atoms with Crippen LogP contribution in [0.5, 0.6) is 0 Å². The molecule has 0 aliphatic carbocycles. The summed E-state index contributed by atoms with van der Waals surface area (Å²) in [4.78, 5) is 11.0. The third kappa shape index (κ3) is 2.19. The monoisotopic (exact) mass is 252 g/mol. The van der Waals surface area contributed by atoms with Crippen molar-refractivity contribution in [2.24, 2.45) is 5.73 Å². The van der Waals surface area contributed by atoms with Gasteiger partial charge in [-0.05, 0) is 40.5 Å². The fourth-order valence-corrected chi connectivity index (χ4v) is 1.39. The van der Waals surface area contributed by atoms with Crippen molar-refractivity contribution in [2.45, 2.75) is 13.0 Å². The van der Waals surface area contributed by atoms with E-state index in [1.807, 2.05) is 6.07 Å². The molecule has 0 radical (unpaired) electrons. The maximum Gasteiger partial charge on any atom is 0.150 e. The van der Waals surface area contributed by atoms with Crippen LogP contribution in [0.1, 0.15) is 24.1 Å². The second-order valence-corrected chi connectivity index (χ2v) is 3.79. The van der Waals surface area contributed by atoms with E-state index in [0.717, 1.165) is 0 Å². The van der Waals surface area contributed by atoms with Crippen LogP contribution < -0.4 is 5.73 Å². The highest BCUT2D eigenvalue weighted by molar-refractivity contribution is 9.10. The molecular formula is C10H9BrN2O. The lowest BCUT2D eigenvalue weighted by Gasteiger charge is -2.08. The fraction of sp³-hybridized carbons (Fsp3) is 0.200. The van der Waals surface area contributed by atoms with E-state index in [4.69, 9.17) is 11.0 Å². The Morgan fingerprint density at radius 1 is 1.64 bits per heavy atom. The number of halogens is 1. The van der Waals surface area contributed by atoms with Crippen LogP contribution in [-0.2, 0) is 4.79 Å². The first-order valence-electron chi connectivity index (χ1n) is 4.02. The van der Waals surface area contributed by atoms with Gasteiger partial charge in [-0.3, -0.25) is 4.79 Å². The van der Waals surface area contributed by atoms with Crippen LogP contribution in [0.3, 0.4) is 0 Å². The molecule has 0 fully saturated rings. The van der Waals surface area contributed by atoms with Gasteiger partial charge in [-0.15, -0.1) is 0 Å². The highest BCUT2D eigenvalue weighted by Gasteiger charge is 2.12. The van der Waals surface area contributed by atoms with Crippen LogP contribution in [0.2, 0.25) is 0 Å². The van der Waals surface area contributed by atoms with Gasteiger partial charge < -0.3 is 5.73 Å². The minimum atomic E-state index is -0.643. The quantitative estimate of drug-likeness (QED) is 0.875. The largest absolute Gasteiger partial charge is 0.318 e.